The fraction of sp³-hybridized carbons (Fsp3) is 0.552. The summed E-state index contributed by atoms with van der Waals surface area (Å²) < 4.78 is 6.15. The number of anilines is 2. The minimum atomic E-state index is -0.107. The lowest BCUT2D eigenvalue weighted by Gasteiger charge is -2.30. The van der Waals surface area contributed by atoms with Crippen molar-refractivity contribution in [3.63, 3.8) is 0 Å². The van der Waals surface area contributed by atoms with E-state index < -0.39 is 0 Å². The first-order valence-corrected chi connectivity index (χ1v) is 14.4. The second-order valence-electron chi connectivity index (χ2n) is 10.2. The highest BCUT2D eigenvalue weighted by molar-refractivity contribution is 7.99. The van der Waals surface area contributed by atoms with Crippen molar-refractivity contribution in [2.24, 2.45) is 0 Å². The van der Waals surface area contributed by atoms with Gasteiger partial charge in [0.2, 0.25) is 5.56 Å². The Morgan fingerprint density at radius 3 is 2.25 bits per heavy atom. The van der Waals surface area contributed by atoms with Gasteiger partial charge in [0.25, 0.3) is 0 Å². The van der Waals surface area contributed by atoms with Crippen LogP contribution in [0.2, 0.25) is 0 Å². The summed E-state index contributed by atoms with van der Waals surface area (Å²) in [6.07, 6.45) is 5.67. The zero-order valence-corrected chi connectivity index (χ0v) is 23.7. The second-order valence-corrected chi connectivity index (χ2v) is 11.4. The molecular weight excluding hydrogens is 468 g/mol. The topological polar surface area (TPSA) is 56.8 Å². The lowest BCUT2D eigenvalue weighted by Crippen LogP contribution is -2.42. The molecule has 0 saturated heterocycles. The molecule has 0 aliphatic carbocycles. The van der Waals surface area contributed by atoms with E-state index >= 15 is 0 Å². The van der Waals surface area contributed by atoms with Gasteiger partial charge in [0.1, 0.15) is 5.75 Å². The van der Waals surface area contributed by atoms with Gasteiger partial charge in [-0.3, -0.25) is 5.01 Å². The predicted octanol–water partition coefficient (Wildman–Crippen LogP) is 7.40. The van der Waals surface area contributed by atoms with Gasteiger partial charge >= 0.3 is 6.03 Å². The maximum Gasteiger partial charge on any atom is 0.319 e. The van der Waals surface area contributed by atoms with Crippen LogP contribution in [0.25, 0.3) is 0 Å². The zero-order chi connectivity index (χ0) is 26.1. The molecule has 36 heavy (non-hydrogen) atoms. The van der Waals surface area contributed by atoms with E-state index in [1.165, 1.54) is 30.4 Å². The molecule has 1 aliphatic heterocycles. The van der Waals surface area contributed by atoms with Gasteiger partial charge in [-0.1, -0.05) is 89.1 Å². The number of ether oxygens (including phenoxy) is 1. The quantitative estimate of drug-likeness (QED) is 0.274. The third-order valence-electron chi connectivity index (χ3n) is 6.45. The number of hydrogen-bond acceptors (Lipinski definition) is 5. The average Bonchev–Trinajstić information content (AvgIpc) is 3.21. The lowest BCUT2D eigenvalue weighted by atomic mass is 9.93. The number of hydrazine groups is 1. The number of unbranched alkanes of at least 4 members (excludes halogenated alkanes) is 4. The van der Waals surface area contributed by atoms with Crippen LogP contribution in [-0.2, 0) is 0 Å². The molecule has 0 aromatic heterocycles. The van der Waals surface area contributed by atoms with Crippen molar-refractivity contribution in [3.8, 4) is 5.75 Å². The molecule has 1 heterocycles. The number of fused-ring (bicyclic) bond motifs is 1. The molecule has 198 valence electrons. The number of amides is 2. The highest BCUT2D eigenvalue weighted by Gasteiger charge is 2.32. The summed E-state index contributed by atoms with van der Waals surface area (Å²) in [6.45, 7) is 9.36. The first kappa shape index (κ1) is 28.2. The van der Waals surface area contributed by atoms with Crippen molar-refractivity contribution in [1.82, 2.24) is 10.3 Å². The summed E-state index contributed by atoms with van der Waals surface area (Å²) in [5.74, 6) is 2.74. The first-order chi connectivity index (χ1) is 17.3. The van der Waals surface area contributed by atoms with Gasteiger partial charge in [0.15, 0.2) is 0 Å². The van der Waals surface area contributed by atoms with E-state index in [1.54, 1.807) is 0 Å². The first-order valence-electron chi connectivity index (χ1n) is 13.3. The Labute approximate surface area is 222 Å². The highest BCUT2D eigenvalue weighted by atomic mass is 32.2. The molecule has 2 aromatic rings. The van der Waals surface area contributed by atoms with Crippen molar-refractivity contribution < 1.29 is 9.53 Å². The number of urea groups is 1. The van der Waals surface area contributed by atoms with Crippen molar-refractivity contribution in [3.05, 3.63) is 53.6 Å². The molecule has 1 unspecified atom stereocenters. The highest BCUT2D eigenvalue weighted by Crippen LogP contribution is 2.41. The molecule has 0 spiro atoms. The number of benzene rings is 2. The molecule has 6 nitrogen and oxygen atoms in total. The molecule has 0 fully saturated rings. The van der Waals surface area contributed by atoms with Gasteiger partial charge in [-0.25, -0.2) is 9.80 Å². The third-order valence-corrected chi connectivity index (χ3v) is 7.55. The summed E-state index contributed by atoms with van der Waals surface area (Å²) in [4.78, 5) is 12.6. The monoisotopic (exact) mass is 512 g/mol. The molecule has 3 rings (SSSR count). The van der Waals surface area contributed by atoms with E-state index in [9.17, 15) is 4.79 Å². The van der Waals surface area contributed by atoms with Crippen LogP contribution in [-0.4, -0.2) is 43.0 Å². The van der Waals surface area contributed by atoms with E-state index in [1.807, 2.05) is 23.9 Å². The molecule has 0 saturated carbocycles. The fourth-order valence-corrected chi connectivity index (χ4v) is 5.71. The van der Waals surface area contributed by atoms with Crippen LogP contribution in [0.15, 0.2) is 42.5 Å². The number of nitrogens with one attached hydrogen (secondary N) is 2. The van der Waals surface area contributed by atoms with Crippen LogP contribution < -0.4 is 20.4 Å². The Balaban J connectivity index is 1.30. The van der Waals surface area contributed by atoms with Crippen molar-refractivity contribution in [1.29, 1.82) is 0 Å². The van der Waals surface area contributed by atoms with Crippen LogP contribution >= 0.6 is 11.8 Å². The molecule has 1 atom stereocenters. The van der Waals surface area contributed by atoms with E-state index in [4.69, 9.17) is 4.74 Å². The van der Waals surface area contributed by atoms with Crippen LogP contribution in [0.4, 0.5) is 16.2 Å². The Morgan fingerprint density at radius 1 is 0.944 bits per heavy atom. The molecule has 2 aromatic carbocycles. The minimum Gasteiger partial charge on any atom is -0.458 e. The number of hydrogen-bond donors (Lipinski definition) is 2. The normalized spacial score (nSPS) is 14.9. The van der Waals surface area contributed by atoms with Gasteiger partial charge < -0.3 is 15.4 Å². The summed E-state index contributed by atoms with van der Waals surface area (Å²) in [7, 11) is 4.11. The second kappa shape index (κ2) is 13.8. The van der Waals surface area contributed by atoms with Crippen molar-refractivity contribution in [2.45, 2.75) is 77.2 Å². The maximum atomic E-state index is 12.6. The molecule has 0 radical (unpaired) electrons. The smallest absolute Gasteiger partial charge is 0.319 e. The number of carbonyl (C=O) groups is 1. The zero-order valence-electron chi connectivity index (χ0n) is 22.8. The maximum absolute atomic E-state index is 12.6. The lowest BCUT2D eigenvalue weighted by molar-refractivity contribution is 0.240. The van der Waals surface area contributed by atoms with Crippen molar-refractivity contribution >= 4 is 29.2 Å². The molecule has 2 N–H and O–H groups in total. The van der Waals surface area contributed by atoms with E-state index in [0.717, 1.165) is 35.7 Å². The number of thioether (sulfide) groups is 1. The molecular formula is C29H44N4O2S. The van der Waals surface area contributed by atoms with E-state index in [0.29, 0.717) is 18.4 Å². The summed E-state index contributed by atoms with van der Waals surface area (Å²) in [6, 6.07) is 14.4. The summed E-state index contributed by atoms with van der Waals surface area (Å²) in [5.41, 5.74) is 4.48. The third kappa shape index (κ3) is 7.56. The largest absolute Gasteiger partial charge is 0.458 e. The van der Waals surface area contributed by atoms with Crippen LogP contribution in [0.1, 0.15) is 82.8 Å². The van der Waals surface area contributed by atoms with Crippen LogP contribution in [0, 0.1) is 0 Å². The molecule has 2 amide bonds. The molecule has 0 bridgehead atoms. The minimum absolute atomic E-state index is 0.00264. The Bertz CT molecular complexity index is 953. The van der Waals surface area contributed by atoms with Gasteiger partial charge in [-0.15, -0.1) is 0 Å². The summed E-state index contributed by atoms with van der Waals surface area (Å²) >= 11 is 1.85. The average molecular weight is 513 g/mol. The van der Waals surface area contributed by atoms with Crippen LogP contribution in [0.3, 0.4) is 0 Å². The Morgan fingerprint density at radius 2 is 1.58 bits per heavy atom. The molecule has 1 aliphatic rings. The van der Waals surface area contributed by atoms with Gasteiger partial charge in [-0.05, 0) is 53.7 Å². The molecule has 7 heteroatoms. The number of nitrogens with zero attached hydrogens (tertiary/aromatic N) is 2. The Kier molecular flexibility index (Phi) is 10.8. The van der Waals surface area contributed by atoms with E-state index in [-0.39, 0.29) is 11.6 Å². The SMILES string of the molecule is CC(C)c1cccc(C(C)C)c1NC(=O)NCCCCCCCSC1Oc2ccccc2N1N(C)C. The van der Waals surface area contributed by atoms with Gasteiger partial charge in [0.05, 0.1) is 5.69 Å². The van der Waals surface area contributed by atoms with Crippen LogP contribution in [0.5, 0.6) is 5.75 Å². The summed E-state index contributed by atoms with van der Waals surface area (Å²) in [5, 5.41) is 10.5. The van der Waals surface area contributed by atoms with Gasteiger partial charge in [0, 0.05) is 26.3 Å². The van der Waals surface area contributed by atoms with Crippen molar-refractivity contribution in [2.75, 3.05) is 36.7 Å². The fourth-order valence-electron chi connectivity index (χ4n) is 4.52. The predicted molar refractivity (Wildman–Crippen MR) is 154 cm³/mol. The number of rotatable bonds is 13. The van der Waals surface area contributed by atoms with Gasteiger partial charge in [-0.2, -0.15) is 0 Å². The number of carbonyl (C=O) groups excluding carboxylic acids is 1. The standard InChI is InChI=1S/C29H44N4O2S/c1-21(2)23-15-14-16-24(22(3)4)27(23)31-28(34)30-19-12-8-7-9-13-20-36-29-33(32(5)6)25-17-10-11-18-26(25)35-29/h10-11,14-18,21-22,29H,7-9,12-13,19-20H2,1-6H3,(H2,30,31,34). The number of para-hydroxylation sites is 3. The van der Waals surface area contributed by atoms with E-state index in [2.05, 4.69) is 92.8 Å². The Hall–Kier alpha value is -2.38.